The van der Waals surface area contributed by atoms with Crippen molar-refractivity contribution >= 4 is 0 Å². The molecule has 0 bridgehead atoms. The Balaban J connectivity index is 2.83. The molecular formula is C15H21NO2. The Hall–Kier alpha value is -1.66. The Labute approximate surface area is 109 Å². The Morgan fingerprint density at radius 3 is 2.56 bits per heavy atom. The fraction of sp³-hybridized carbons (Fsp3) is 0.467. The van der Waals surface area contributed by atoms with Gasteiger partial charge >= 0.3 is 0 Å². The largest absolute Gasteiger partial charge is 0.493 e. The molecule has 3 heteroatoms. The third-order valence-electron chi connectivity index (χ3n) is 2.88. The number of rotatable bonds is 7. The van der Waals surface area contributed by atoms with Gasteiger partial charge in [0.2, 0.25) is 0 Å². The first-order valence-electron chi connectivity index (χ1n) is 6.15. The van der Waals surface area contributed by atoms with Crippen LogP contribution in [0.4, 0.5) is 0 Å². The zero-order valence-electron chi connectivity index (χ0n) is 11.3. The van der Waals surface area contributed by atoms with Crippen LogP contribution in [0.25, 0.3) is 0 Å². The second kappa shape index (κ2) is 7.62. The van der Waals surface area contributed by atoms with Crippen LogP contribution in [0.2, 0.25) is 0 Å². The summed E-state index contributed by atoms with van der Waals surface area (Å²) in [6, 6.07) is 6.28. The van der Waals surface area contributed by atoms with E-state index in [1.165, 1.54) is 5.56 Å². The van der Waals surface area contributed by atoms with Crippen molar-refractivity contribution < 1.29 is 9.47 Å². The summed E-state index contributed by atoms with van der Waals surface area (Å²) in [5.41, 5.74) is 1.19. The maximum Gasteiger partial charge on any atom is 0.161 e. The summed E-state index contributed by atoms with van der Waals surface area (Å²) in [5.74, 6) is 4.14. The molecule has 0 spiro atoms. The van der Waals surface area contributed by atoms with Crippen LogP contribution in [0.15, 0.2) is 18.2 Å². The lowest BCUT2D eigenvalue weighted by Gasteiger charge is -2.18. The topological polar surface area (TPSA) is 30.5 Å². The monoisotopic (exact) mass is 247 g/mol. The van der Waals surface area contributed by atoms with Crippen molar-refractivity contribution in [3.8, 4) is 23.8 Å². The molecule has 0 radical (unpaired) electrons. The smallest absolute Gasteiger partial charge is 0.161 e. The molecule has 1 unspecified atom stereocenters. The Bertz CT molecular complexity index is 409. The molecule has 0 saturated carbocycles. The molecule has 18 heavy (non-hydrogen) atoms. The molecule has 1 aromatic carbocycles. The van der Waals surface area contributed by atoms with Gasteiger partial charge in [0, 0.05) is 19.0 Å². The van der Waals surface area contributed by atoms with E-state index in [2.05, 4.69) is 24.2 Å². The average Bonchev–Trinajstić information content (AvgIpc) is 2.43. The van der Waals surface area contributed by atoms with Crippen LogP contribution < -0.4 is 14.8 Å². The van der Waals surface area contributed by atoms with Crippen molar-refractivity contribution in [2.75, 3.05) is 20.8 Å². The number of ether oxygens (including phenoxy) is 2. The molecule has 0 aliphatic carbocycles. The second-order valence-electron chi connectivity index (χ2n) is 3.98. The van der Waals surface area contributed by atoms with Gasteiger partial charge in [-0.3, -0.25) is 0 Å². The van der Waals surface area contributed by atoms with Crippen molar-refractivity contribution in [3.05, 3.63) is 23.8 Å². The Morgan fingerprint density at radius 1 is 1.28 bits per heavy atom. The summed E-state index contributed by atoms with van der Waals surface area (Å²) in [6.45, 7) is 2.97. The first-order valence-corrected chi connectivity index (χ1v) is 6.15. The van der Waals surface area contributed by atoms with Crippen LogP contribution in [0, 0.1) is 12.3 Å². The minimum Gasteiger partial charge on any atom is -0.493 e. The van der Waals surface area contributed by atoms with Gasteiger partial charge in [-0.1, -0.05) is 13.0 Å². The van der Waals surface area contributed by atoms with Crippen LogP contribution in [0.5, 0.6) is 11.5 Å². The molecule has 1 rings (SSSR count). The van der Waals surface area contributed by atoms with Gasteiger partial charge in [0.05, 0.1) is 14.2 Å². The predicted octanol–water partition coefficient (Wildman–Crippen LogP) is 2.77. The number of benzene rings is 1. The lowest BCUT2D eigenvalue weighted by atomic mass is 10.0. The molecule has 1 atom stereocenters. The maximum atomic E-state index is 5.31. The van der Waals surface area contributed by atoms with Gasteiger partial charge < -0.3 is 14.8 Å². The van der Waals surface area contributed by atoms with Crippen LogP contribution >= 0.6 is 0 Å². The molecule has 0 aliphatic heterocycles. The van der Waals surface area contributed by atoms with Gasteiger partial charge in [-0.15, -0.1) is 12.3 Å². The number of hydrogen-bond acceptors (Lipinski definition) is 3. The van der Waals surface area contributed by atoms with E-state index in [4.69, 9.17) is 15.9 Å². The molecule has 0 heterocycles. The average molecular weight is 247 g/mol. The molecule has 0 amide bonds. The zero-order valence-corrected chi connectivity index (χ0v) is 11.3. The molecular weight excluding hydrogens is 226 g/mol. The number of nitrogens with one attached hydrogen (secondary N) is 1. The second-order valence-corrected chi connectivity index (χ2v) is 3.98. The van der Waals surface area contributed by atoms with E-state index in [-0.39, 0.29) is 6.04 Å². The normalized spacial score (nSPS) is 11.7. The summed E-state index contributed by atoms with van der Waals surface area (Å²) in [6.07, 6.45) is 6.99. The van der Waals surface area contributed by atoms with Crippen molar-refractivity contribution in [1.82, 2.24) is 5.32 Å². The SMILES string of the molecule is C#CCCNC(CC)c1ccc(OC)c(OC)c1. The van der Waals surface area contributed by atoms with E-state index in [1.807, 2.05) is 12.1 Å². The first kappa shape index (κ1) is 14.4. The van der Waals surface area contributed by atoms with E-state index in [1.54, 1.807) is 14.2 Å². The molecule has 98 valence electrons. The highest BCUT2D eigenvalue weighted by Gasteiger charge is 2.11. The molecule has 3 nitrogen and oxygen atoms in total. The lowest BCUT2D eigenvalue weighted by molar-refractivity contribution is 0.353. The van der Waals surface area contributed by atoms with Crippen LogP contribution in [0.1, 0.15) is 31.4 Å². The van der Waals surface area contributed by atoms with E-state index >= 15 is 0 Å². The number of methoxy groups -OCH3 is 2. The van der Waals surface area contributed by atoms with Gasteiger partial charge in [0.25, 0.3) is 0 Å². The van der Waals surface area contributed by atoms with Crippen molar-refractivity contribution in [2.45, 2.75) is 25.8 Å². The fourth-order valence-electron chi connectivity index (χ4n) is 1.89. The highest BCUT2D eigenvalue weighted by atomic mass is 16.5. The van der Waals surface area contributed by atoms with Gasteiger partial charge in [-0.2, -0.15) is 0 Å². The summed E-state index contributed by atoms with van der Waals surface area (Å²) >= 11 is 0. The van der Waals surface area contributed by atoms with Crippen molar-refractivity contribution in [3.63, 3.8) is 0 Å². The van der Waals surface area contributed by atoms with E-state index in [0.29, 0.717) is 0 Å². The summed E-state index contributed by atoms with van der Waals surface area (Å²) in [7, 11) is 3.29. The third kappa shape index (κ3) is 3.68. The third-order valence-corrected chi connectivity index (χ3v) is 2.88. The zero-order chi connectivity index (χ0) is 13.4. The van der Waals surface area contributed by atoms with Crippen LogP contribution in [-0.2, 0) is 0 Å². The molecule has 0 aliphatic rings. The Morgan fingerprint density at radius 2 is 2.00 bits per heavy atom. The molecule has 1 aromatic rings. The fourth-order valence-corrected chi connectivity index (χ4v) is 1.89. The number of terminal acetylenes is 1. The predicted molar refractivity (Wildman–Crippen MR) is 74.0 cm³/mol. The summed E-state index contributed by atoms with van der Waals surface area (Å²) in [4.78, 5) is 0. The summed E-state index contributed by atoms with van der Waals surface area (Å²) < 4.78 is 10.5. The minimum atomic E-state index is 0.290. The molecule has 0 saturated heterocycles. The first-order chi connectivity index (χ1) is 8.76. The van der Waals surface area contributed by atoms with Crippen molar-refractivity contribution in [2.24, 2.45) is 0 Å². The summed E-state index contributed by atoms with van der Waals surface area (Å²) in [5, 5.41) is 3.44. The van der Waals surface area contributed by atoms with Gasteiger partial charge in [0.1, 0.15) is 0 Å². The minimum absolute atomic E-state index is 0.290. The highest BCUT2D eigenvalue weighted by molar-refractivity contribution is 5.43. The van der Waals surface area contributed by atoms with E-state index in [0.717, 1.165) is 30.9 Å². The molecule has 0 fully saturated rings. The standard InChI is InChI=1S/C15H21NO2/c1-5-7-10-16-13(6-2)12-8-9-14(17-3)15(11-12)18-4/h1,8-9,11,13,16H,6-7,10H2,2-4H3. The Kier molecular flexibility index (Phi) is 6.10. The van der Waals surface area contributed by atoms with Gasteiger partial charge in [-0.25, -0.2) is 0 Å². The molecule has 0 aromatic heterocycles. The van der Waals surface area contributed by atoms with E-state index in [9.17, 15) is 0 Å². The van der Waals surface area contributed by atoms with Crippen LogP contribution in [0.3, 0.4) is 0 Å². The van der Waals surface area contributed by atoms with Crippen molar-refractivity contribution in [1.29, 1.82) is 0 Å². The maximum absolute atomic E-state index is 5.31. The lowest BCUT2D eigenvalue weighted by Crippen LogP contribution is -2.21. The van der Waals surface area contributed by atoms with Gasteiger partial charge in [0.15, 0.2) is 11.5 Å². The van der Waals surface area contributed by atoms with E-state index < -0.39 is 0 Å². The molecule has 1 N–H and O–H groups in total. The quantitative estimate of drug-likeness (QED) is 0.593. The van der Waals surface area contributed by atoms with Gasteiger partial charge in [-0.05, 0) is 24.1 Å². The number of hydrogen-bond donors (Lipinski definition) is 1. The highest BCUT2D eigenvalue weighted by Crippen LogP contribution is 2.30. The van der Waals surface area contributed by atoms with Crippen LogP contribution in [-0.4, -0.2) is 20.8 Å².